The largest absolute Gasteiger partial charge is 0.454 e. The van der Waals surface area contributed by atoms with Gasteiger partial charge < -0.3 is 19.8 Å². The third kappa shape index (κ3) is 1.95. The van der Waals surface area contributed by atoms with Crippen LogP contribution in [0.2, 0.25) is 0 Å². The number of H-pyrrole nitrogens is 1. The van der Waals surface area contributed by atoms with E-state index in [-0.39, 0.29) is 6.04 Å². The van der Waals surface area contributed by atoms with Crippen molar-refractivity contribution in [3.63, 3.8) is 0 Å². The van der Waals surface area contributed by atoms with Gasteiger partial charge in [0, 0.05) is 23.1 Å². The Hall–Kier alpha value is -2.46. The third-order valence-electron chi connectivity index (χ3n) is 4.84. The van der Waals surface area contributed by atoms with E-state index < -0.39 is 0 Å². The number of fused-ring (bicyclic) bond motifs is 4. The quantitative estimate of drug-likeness (QED) is 0.724. The number of ether oxygens (including phenoxy) is 2. The van der Waals surface area contributed by atoms with Crippen LogP contribution in [-0.4, -0.2) is 18.3 Å². The molecule has 1 aromatic heterocycles. The Morgan fingerprint density at radius 1 is 1.04 bits per heavy atom. The number of aromatic amines is 1. The molecule has 1 unspecified atom stereocenters. The van der Waals surface area contributed by atoms with Crippen LogP contribution < -0.4 is 14.8 Å². The van der Waals surface area contributed by atoms with Crippen molar-refractivity contribution < 1.29 is 9.47 Å². The number of aromatic nitrogens is 1. The molecule has 116 valence electrons. The van der Waals surface area contributed by atoms with E-state index in [9.17, 15) is 0 Å². The van der Waals surface area contributed by atoms with Gasteiger partial charge in [-0.2, -0.15) is 0 Å². The van der Waals surface area contributed by atoms with E-state index in [1.54, 1.807) is 0 Å². The molecule has 2 aliphatic rings. The van der Waals surface area contributed by atoms with Crippen molar-refractivity contribution in [3.8, 4) is 11.5 Å². The van der Waals surface area contributed by atoms with Gasteiger partial charge in [0.15, 0.2) is 11.5 Å². The fraction of sp³-hybridized carbons (Fsp3) is 0.263. The molecule has 3 heterocycles. The molecule has 1 atom stereocenters. The fourth-order valence-electron chi connectivity index (χ4n) is 3.72. The Morgan fingerprint density at radius 2 is 1.96 bits per heavy atom. The van der Waals surface area contributed by atoms with Crippen molar-refractivity contribution >= 4 is 10.9 Å². The van der Waals surface area contributed by atoms with Crippen LogP contribution in [0.3, 0.4) is 0 Å². The van der Waals surface area contributed by atoms with Crippen LogP contribution in [0.1, 0.15) is 28.4 Å². The summed E-state index contributed by atoms with van der Waals surface area (Å²) in [6.45, 7) is 3.44. The van der Waals surface area contributed by atoms with Gasteiger partial charge in [-0.1, -0.05) is 17.7 Å². The first kappa shape index (κ1) is 13.0. The van der Waals surface area contributed by atoms with Crippen molar-refractivity contribution in [1.29, 1.82) is 0 Å². The van der Waals surface area contributed by atoms with E-state index in [0.717, 1.165) is 24.5 Å². The maximum atomic E-state index is 5.53. The van der Waals surface area contributed by atoms with Gasteiger partial charge in [-0.05, 0) is 48.7 Å². The van der Waals surface area contributed by atoms with Crippen molar-refractivity contribution in [2.45, 2.75) is 19.4 Å². The van der Waals surface area contributed by atoms with Crippen LogP contribution in [0.15, 0.2) is 36.4 Å². The van der Waals surface area contributed by atoms with Crippen LogP contribution in [0.5, 0.6) is 11.5 Å². The summed E-state index contributed by atoms with van der Waals surface area (Å²) in [6.07, 6.45) is 1.06. The highest BCUT2D eigenvalue weighted by Gasteiger charge is 2.26. The summed E-state index contributed by atoms with van der Waals surface area (Å²) < 4.78 is 11.0. The highest BCUT2D eigenvalue weighted by molar-refractivity contribution is 5.86. The molecule has 0 aliphatic carbocycles. The summed E-state index contributed by atoms with van der Waals surface area (Å²) in [6, 6.07) is 13.0. The number of aryl methyl sites for hydroxylation is 1. The lowest BCUT2D eigenvalue weighted by Gasteiger charge is -2.25. The minimum Gasteiger partial charge on any atom is -0.454 e. The standard InChI is InChI=1S/C19H18N2O2/c1-11-2-4-15-14(8-11)13-6-7-20-18(19(13)21-15)12-3-5-16-17(9-12)23-10-22-16/h2-5,8-9,18,20-21H,6-7,10H2,1H3. The molecule has 2 aliphatic heterocycles. The smallest absolute Gasteiger partial charge is 0.231 e. The maximum absolute atomic E-state index is 5.53. The molecular formula is C19H18N2O2. The van der Waals surface area contributed by atoms with Gasteiger partial charge in [0.25, 0.3) is 0 Å². The summed E-state index contributed by atoms with van der Waals surface area (Å²) in [5, 5.41) is 4.98. The van der Waals surface area contributed by atoms with Gasteiger partial charge in [-0.25, -0.2) is 0 Å². The van der Waals surface area contributed by atoms with Gasteiger partial charge in [-0.15, -0.1) is 0 Å². The van der Waals surface area contributed by atoms with Gasteiger partial charge >= 0.3 is 0 Å². The Labute approximate surface area is 134 Å². The zero-order valence-corrected chi connectivity index (χ0v) is 13.0. The lowest BCUT2D eigenvalue weighted by atomic mass is 9.94. The highest BCUT2D eigenvalue weighted by atomic mass is 16.7. The van der Waals surface area contributed by atoms with E-state index in [1.807, 2.05) is 6.07 Å². The van der Waals surface area contributed by atoms with E-state index in [0.29, 0.717) is 6.79 Å². The topological polar surface area (TPSA) is 46.3 Å². The molecule has 2 aromatic carbocycles. The first-order valence-electron chi connectivity index (χ1n) is 8.03. The lowest BCUT2D eigenvalue weighted by molar-refractivity contribution is 0.174. The molecule has 0 fully saturated rings. The second-order valence-corrected chi connectivity index (χ2v) is 6.32. The molecule has 0 amide bonds. The van der Waals surface area contributed by atoms with Crippen molar-refractivity contribution in [2.75, 3.05) is 13.3 Å². The summed E-state index contributed by atoms with van der Waals surface area (Å²) in [5.74, 6) is 1.67. The second-order valence-electron chi connectivity index (χ2n) is 6.32. The van der Waals surface area contributed by atoms with Crippen molar-refractivity contribution in [3.05, 3.63) is 58.8 Å². The Balaban J connectivity index is 1.65. The van der Waals surface area contributed by atoms with Crippen molar-refractivity contribution in [1.82, 2.24) is 10.3 Å². The molecule has 3 aromatic rings. The minimum atomic E-state index is 0.168. The summed E-state index contributed by atoms with van der Waals surface area (Å²) in [4.78, 5) is 3.62. The molecule has 0 radical (unpaired) electrons. The van der Waals surface area contributed by atoms with Crippen LogP contribution in [0.4, 0.5) is 0 Å². The first-order chi connectivity index (χ1) is 11.3. The second kappa shape index (κ2) is 4.77. The molecular weight excluding hydrogens is 288 g/mol. The monoisotopic (exact) mass is 306 g/mol. The van der Waals surface area contributed by atoms with Gasteiger partial charge in [0.05, 0.1) is 6.04 Å². The summed E-state index contributed by atoms with van der Waals surface area (Å²) in [7, 11) is 0. The minimum absolute atomic E-state index is 0.168. The summed E-state index contributed by atoms with van der Waals surface area (Å²) in [5.41, 5.74) is 6.44. The van der Waals surface area contributed by atoms with Crippen LogP contribution >= 0.6 is 0 Å². The molecule has 2 N–H and O–H groups in total. The van der Waals surface area contributed by atoms with E-state index in [2.05, 4.69) is 47.6 Å². The maximum Gasteiger partial charge on any atom is 0.231 e. The molecule has 0 spiro atoms. The Kier molecular flexibility index (Phi) is 2.70. The molecule has 0 saturated heterocycles. The molecule has 4 nitrogen and oxygen atoms in total. The average Bonchev–Trinajstić information content (AvgIpc) is 3.17. The predicted molar refractivity (Wildman–Crippen MR) is 89.2 cm³/mol. The van der Waals surface area contributed by atoms with Gasteiger partial charge in [0.1, 0.15) is 0 Å². The lowest BCUT2D eigenvalue weighted by Crippen LogP contribution is -2.30. The van der Waals surface area contributed by atoms with E-state index in [1.165, 1.54) is 33.3 Å². The van der Waals surface area contributed by atoms with E-state index in [4.69, 9.17) is 9.47 Å². The number of rotatable bonds is 1. The number of benzene rings is 2. The van der Waals surface area contributed by atoms with Gasteiger partial charge in [-0.3, -0.25) is 0 Å². The number of hydrogen-bond acceptors (Lipinski definition) is 3. The van der Waals surface area contributed by atoms with E-state index >= 15 is 0 Å². The third-order valence-corrected chi connectivity index (χ3v) is 4.84. The SMILES string of the molecule is Cc1ccc2[nH]c3c(c2c1)CCNC3c1ccc2c(c1)OCO2. The molecule has 0 bridgehead atoms. The van der Waals surface area contributed by atoms with Gasteiger partial charge in [0.2, 0.25) is 6.79 Å². The zero-order chi connectivity index (χ0) is 15.4. The normalized spacial score (nSPS) is 19.1. The summed E-state index contributed by atoms with van der Waals surface area (Å²) >= 11 is 0. The Morgan fingerprint density at radius 3 is 2.91 bits per heavy atom. The molecule has 5 rings (SSSR count). The predicted octanol–water partition coefficient (Wildman–Crippen LogP) is 3.44. The van der Waals surface area contributed by atoms with Crippen molar-refractivity contribution in [2.24, 2.45) is 0 Å². The molecule has 23 heavy (non-hydrogen) atoms. The van der Waals surface area contributed by atoms with Crippen LogP contribution in [-0.2, 0) is 6.42 Å². The fourth-order valence-corrected chi connectivity index (χ4v) is 3.72. The molecule has 0 saturated carbocycles. The highest BCUT2D eigenvalue weighted by Crippen LogP contribution is 2.38. The Bertz CT molecular complexity index is 913. The zero-order valence-electron chi connectivity index (χ0n) is 13.0. The number of hydrogen-bond donors (Lipinski definition) is 2. The average molecular weight is 306 g/mol. The van der Waals surface area contributed by atoms with Crippen LogP contribution in [0.25, 0.3) is 10.9 Å². The molecule has 4 heteroatoms. The number of nitrogens with one attached hydrogen (secondary N) is 2. The van der Waals surface area contributed by atoms with Crippen LogP contribution in [0, 0.1) is 6.92 Å². The first-order valence-corrected chi connectivity index (χ1v) is 8.03.